The molecule has 0 spiro atoms. The number of pyridine rings is 2. The third kappa shape index (κ3) is 2.27. The second kappa shape index (κ2) is 5.70. The van der Waals surface area contributed by atoms with E-state index in [0.717, 1.165) is 11.1 Å². The lowest BCUT2D eigenvalue weighted by molar-refractivity contribution is 0.918. The van der Waals surface area contributed by atoms with E-state index in [4.69, 9.17) is 4.98 Å². The van der Waals surface area contributed by atoms with Gasteiger partial charge >= 0.3 is 0 Å². The highest BCUT2D eigenvalue weighted by Crippen LogP contribution is 2.21. The van der Waals surface area contributed by atoms with Gasteiger partial charge in [0, 0.05) is 24.2 Å². The quantitative estimate of drug-likeness (QED) is 0.570. The smallest absolute Gasteiger partial charge is 0.267 e. The van der Waals surface area contributed by atoms with Crippen LogP contribution in [0.2, 0.25) is 0 Å². The van der Waals surface area contributed by atoms with Crippen LogP contribution in [0.3, 0.4) is 0 Å². The Labute approximate surface area is 138 Å². The van der Waals surface area contributed by atoms with Gasteiger partial charge < -0.3 is 0 Å². The average molecular weight is 314 g/mol. The van der Waals surface area contributed by atoms with Gasteiger partial charge in [0.15, 0.2) is 5.82 Å². The number of para-hydroxylation sites is 1. The van der Waals surface area contributed by atoms with Gasteiger partial charge in [-0.1, -0.05) is 18.2 Å². The zero-order valence-electron chi connectivity index (χ0n) is 13.0. The molecule has 3 aromatic heterocycles. The molecule has 4 aromatic rings. The topological polar surface area (TPSA) is 60.7 Å². The Morgan fingerprint density at radius 3 is 2.58 bits per heavy atom. The first-order chi connectivity index (χ1) is 11.8. The molecule has 1 aromatic carbocycles. The number of hydrogen-bond donors (Lipinski definition) is 0. The van der Waals surface area contributed by atoms with E-state index in [9.17, 15) is 4.79 Å². The summed E-state index contributed by atoms with van der Waals surface area (Å²) >= 11 is 0. The summed E-state index contributed by atoms with van der Waals surface area (Å²) < 4.78 is 1.56. The van der Waals surface area contributed by atoms with Crippen molar-refractivity contribution in [1.29, 1.82) is 0 Å². The van der Waals surface area contributed by atoms with Gasteiger partial charge in [-0.3, -0.25) is 9.78 Å². The molecule has 0 amide bonds. The molecule has 4 rings (SSSR count). The molecule has 0 saturated heterocycles. The number of benzene rings is 1. The van der Waals surface area contributed by atoms with E-state index < -0.39 is 0 Å². The van der Waals surface area contributed by atoms with Gasteiger partial charge in [0.1, 0.15) is 5.82 Å². The van der Waals surface area contributed by atoms with Gasteiger partial charge in [0.25, 0.3) is 5.56 Å². The lowest BCUT2D eigenvalue weighted by Gasteiger charge is -2.14. The summed E-state index contributed by atoms with van der Waals surface area (Å²) in [5, 5.41) is 0.565. The molecule has 5 heteroatoms. The fraction of sp³-hybridized carbons (Fsp3) is 0.0526. The van der Waals surface area contributed by atoms with Gasteiger partial charge in [0.05, 0.1) is 10.9 Å². The van der Waals surface area contributed by atoms with Gasteiger partial charge in [-0.05, 0) is 42.8 Å². The van der Waals surface area contributed by atoms with E-state index in [-0.39, 0.29) is 5.56 Å². The summed E-state index contributed by atoms with van der Waals surface area (Å²) in [4.78, 5) is 26.4. The molecule has 0 aliphatic rings. The predicted molar refractivity (Wildman–Crippen MR) is 93.1 cm³/mol. The summed E-state index contributed by atoms with van der Waals surface area (Å²) in [6.45, 7) is 1.93. The maximum atomic E-state index is 13.1. The third-order valence-electron chi connectivity index (χ3n) is 3.89. The lowest BCUT2D eigenvalue weighted by atomic mass is 10.2. The molecule has 0 bridgehead atoms. The summed E-state index contributed by atoms with van der Waals surface area (Å²) in [6, 6.07) is 14.8. The maximum Gasteiger partial charge on any atom is 0.267 e. The van der Waals surface area contributed by atoms with Crippen LogP contribution in [0.1, 0.15) is 5.56 Å². The van der Waals surface area contributed by atoms with Crippen LogP contribution in [0.5, 0.6) is 0 Å². The molecular formula is C19H14N4O. The van der Waals surface area contributed by atoms with Crippen LogP contribution in [-0.4, -0.2) is 19.5 Å². The lowest BCUT2D eigenvalue weighted by Crippen LogP contribution is -2.23. The van der Waals surface area contributed by atoms with Crippen molar-refractivity contribution >= 4 is 10.9 Å². The van der Waals surface area contributed by atoms with E-state index >= 15 is 0 Å². The zero-order valence-corrected chi connectivity index (χ0v) is 13.0. The van der Waals surface area contributed by atoms with Crippen molar-refractivity contribution in [3.8, 4) is 17.2 Å². The molecule has 0 saturated carbocycles. The first-order valence-electron chi connectivity index (χ1n) is 7.60. The molecule has 0 unspecified atom stereocenters. The first kappa shape index (κ1) is 14.3. The Balaban J connectivity index is 2.16. The standard InChI is InChI=1S/C19H14N4O/c1-13-6-4-11-21-17(13)23-18(14-7-5-10-20-12-14)22-16-9-3-2-8-15(16)19(23)24/h2-12H,1H3. The minimum Gasteiger partial charge on any atom is -0.268 e. The zero-order chi connectivity index (χ0) is 16.5. The average Bonchev–Trinajstić information content (AvgIpc) is 2.63. The van der Waals surface area contributed by atoms with E-state index in [2.05, 4.69) is 9.97 Å². The molecular weight excluding hydrogens is 300 g/mol. The number of aromatic nitrogens is 4. The van der Waals surface area contributed by atoms with Crippen molar-refractivity contribution < 1.29 is 0 Å². The first-order valence-corrected chi connectivity index (χ1v) is 7.60. The fourth-order valence-electron chi connectivity index (χ4n) is 2.73. The largest absolute Gasteiger partial charge is 0.268 e. The van der Waals surface area contributed by atoms with E-state index in [1.807, 2.05) is 49.4 Å². The summed E-state index contributed by atoms with van der Waals surface area (Å²) in [6.07, 6.45) is 5.07. The fourth-order valence-corrected chi connectivity index (χ4v) is 2.73. The Hall–Kier alpha value is -3.34. The number of nitrogens with zero attached hydrogens (tertiary/aromatic N) is 4. The van der Waals surface area contributed by atoms with Crippen molar-refractivity contribution in [2.24, 2.45) is 0 Å². The highest BCUT2D eigenvalue weighted by atomic mass is 16.1. The molecule has 3 heterocycles. The minimum absolute atomic E-state index is 0.138. The van der Waals surface area contributed by atoms with Crippen LogP contribution in [0.4, 0.5) is 0 Å². The highest BCUT2D eigenvalue weighted by molar-refractivity contribution is 5.80. The second-order valence-electron chi connectivity index (χ2n) is 5.48. The summed E-state index contributed by atoms with van der Waals surface area (Å²) in [5.74, 6) is 1.12. The van der Waals surface area contributed by atoms with Crippen molar-refractivity contribution in [2.75, 3.05) is 0 Å². The minimum atomic E-state index is -0.138. The Morgan fingerprint density at radius 2 is 1.79 bits per heavy atom. The van der Waals surface area contributed by atoms with Gasteiger partial charge in [0.2, 0.25) is 0 Å². The van der Waals surface area contributed by atoms with E-state index in [1.54, 1.807) is 29.2 Å². The van der Waals surface area contributed by atoms with Crippen LogP contribution in [0.15, 0.2) is 71.9 Å². The molecule has 0 N–H and O–H groups in total. The van der Waals surface area contributed by atoms with Crippen LogP contribution in [0.25, 0.3) is 28.1 Å². The van der Waals surface area contributed by atoms with Crippen LogP contribution < -0.4 is 5.56 Å². The number of aryl methyl sites for hydroxylation is 1. The van der Waals surface area contributed by atoms with Crippen molar-refractivity contribution in [3.63, 3.8) is 0 Å². The molecule has 116 valence electrons. The molecule has 0 aliphatic carbocycles. The van der Waals surface area contributed by atoms with Crippen LogP contribution in [-0.2, 0) is 0 Å². The molecule has 0 radical (unpaired) electrons. The van der Waals surface area contributed by atoms with Crippen molar-refractivity contribution in [2.45, 2.75) is 6.92 Å². The monoisotopic (exact) mass is 314 g/mol. The second-order valence-corrected chi connectivity index (χ2v) is 5.48. The maximum absolute atomic E-state index is 13.1. The summed E-state index contributed by atoms with van der Waals surface area (Å²) in [5.41, 5.74) is 2.19. The number of rotatable bonds is 2. The van der Waals surface area contributed by atoms with Crippen molar-refractivity contribution in [3.05, 3.63) is 83.0 Å². The van der Waals surface area contributed by atoms with Gasteiger partial charge in [-0.15, -0.1) is 0 Å². The molecule has 0 fully saturated rings. The number of fused-ring (bicyclic) bond motifs is 1. The van der Waals surface area contributed by atoms with Crippen LogP contribution in [0, 0.1) is 6.92 Å². The Morgan fingerprint density at radius 1 is 0.958 bits per heavy atom. The molecule has 0 aliphatic heterocycles. The molecule has 24 heavy (non-hydrogen) atoms. The van der Waals surface area contributed by atoms with E-state index in [1.165, 1.54) is 0 Å². The summed E-state index contributed by atoms with van der Waals surface area (Å²) in [7, 11) is 0. The number of hydrogen-bond acceptors (Lipinski definition) is 4. The SMILES string of the molecule is Cc1cccnc1-n1c(-c2cccnc2)nc2ccccc2c1=O. The third-order valence-corrected chi connectivity index (χ3v) is 3.89. The molecule has 5 nitrogen and oxygen atoms in total. The van der Waals surface area contributed by atoms with Crippen molar-refractivity contribution in [1.82, 2.24) is 19.5 Å². The van der Waals surface area contributed by atoms with E-state index in [0.29, 0.717) is 22.5 Å². The molecule has 0 atom stereocenters. The normalized spacial score (nSPS) is 10.9. The Bertz CT molecular complexity index is 1090. The highest BCUT2D eigenvalue weighted by Gasteiger charge is 2.16. The van der Waals surface area contributed by atoms with Gasteiger partial charge in [-0.2, -0.15) is 0 Å². The van der Waals surface area contributed by atoms with Gasteiger partial charge in [-0.25, -0.2) is 14.5 Å². The Kier molecular flexibility index (Phi) is 3.39. The predicted octanol–water partition coefficient (Wildman–Crippen LogP) is 3.15. The van der Waals surface area contributed by atoms with Crippen LogP contribution >= 0.6 is 0 Å².